The summed E-state index contributed by atoms with van der Waals surface area (Å²) >= 11 is 0. The molecule has 2 N–H and O–H groups in total. The summed E-state index contributed by atoms with van der Waals surface area (Å²) in [5.74, 6) is 1.09. The normalized spacial score (nSPS) is 12.2. The van der Waals surface area contributed by atoms with E-state index in [1.807, 2.05) is 31.2 Å². The minimum atomic E-state index is -0.108. The number of amides is 1. The number of likely N-dealkylation sites (N-methyl/N-ethyl adjacent to an activating group) is 1. The molecule has 0 fully saturated rings. The van der Waals surface area contributed by atoms with Crippen LogP contribution in [0.15, 0.2) is 28.7 Å². The van der Waals surface area contributed by atoms with Crippen LogP contribution in [0.5, 0.6) is 0 Å². The summed E-state index contributed by atoms with van der Waals surface area (Å²) in [4.78, 5) is 11.8. The van der Waals surface area contributed by atoms with Crippen molar-refractivity contribution >= 4 is 29.3 Å². The SMILES string of the molecule is CNCC(=O)NC(c1oc2ccccc2c1C)C(C)C.Cl. The van der Waals surface area contributed by atoms with E-state index in [2.05, 4.69) is 24.5 Å². The van der Waals surface area contributed by atoms with E-state index >= 15 is 0 Å². The Balaban J connectivity index is 0.00000220. The lowest BCUT2D eigenvalue weighted by molar-refractivity contribution is -0.121. The van der Waals surface area contributed by atoms with E-state index in [0.29, 0.717) is 6.54 Å². The Hall–Kier alpha value is -1.52. The van der Waals surface area contributed by atoms with Crippen molar-refractivity contribution in [2.75, 3.05) is 13.6 Å². The van der Waals surface area contributed by atoms with Crippen LogP contribution in [0.1, 0.15) is 31.2 Å². The van der Waals surface area contributed by atoms with Crippen LogP contribution in [-0.4, -0.2) is 19.5 Å². The number of fused-ring (bicyclic) bond motifs is 1. The molecule has 1 unspecified atom stereocenters. The first-order valence-electron chi connectivity index (χ1n) is 6.96. The number of carbonyl (C=O) groups is 1. The molecule has 0 aliphatic rings. The summed E-state index contributed by atoms with van der Waals surface area (Å²) in [7, 11) is 1.76. The third kappa shape index (κ3) is 3.77. The molecule has 1 heterocycles. The molecule has 1 amide bonds. The van der Waals surface area contributed by atoms with Crippen LogP contribution in [0.4, 0.5) is 0 Å². The Bertz CT molecular complexity index is 607. The van der Waals surface area contributed by atoms with Gasteiger partial charge < -0.3 is 15.1 Å². The lowest BCUT2D eigenvalue weighted by Crippen LogP contribution is -2.37. The van der Waals surface area contributed by atoms with Gasteiger partial charge >= 0.3 is 0 Å². The van der Waals surface area contributed by atoms with Crippen LogP contribution < -0.4 is 10.6 Å². The molecule has 21 heavy (non-hydrogen) atoms. The van der Waals surface area contributed by atoms with Gasteiger partial charge in [-0.05, 0) is 26.0 Å². The molecule has 1 aromatic carbocycles. The first-order chi connectivity index (χ1) is 9.54. The fourth-order valence-corrected chi connectivity index (χ4v) is 2.41. The van der Waals surface area contributed by atoms with E-state index in [4.69, 9.17) is 4.42 Å². The number of furan rings is 1. The summed E-state index contributed by atoms with van der Waals surface area (Å²) in [6.45, 7) is 6.51. The van der Waals surface area contributed by atoms with Crippen molar-refractivity contribution < 1.29 is 9.21 Å². The van der Waals surface area contributed by atoms with Crippen LogP contribution in [0.25, 0.3) is 11.0 Å². The molecular weight excluding hydrogens is 288 g/mol. The number of hydrogen-bond donors (Lipinski definition) is 2. The molecule has 2 aromatic rings. The highest BCUT2D eigenvalue weighted by atomic mass is 35.5. The van der Waals surface area contributed by atoms with Crippen molar-refractivity contribution in [1.29, 1.82) is 0 Å². The fourth-order valence-electron chi connectivity index (χ4n) is 2.41. The van der Waals surface area contributed by atoms with Crippen LogP contribution >= 0.6 is 12.4 Å². The molecule has 2 rings (SSSR count). The maximum Gasteiger partial charge on any atom is 0.234 e. The third-order valence-electron chi connectivity index (χ3n) is 3.48. The summed E-state index contributed by atoms with van der Waals surface area (Å²) in [6, 6.07) is 7.85. The van der Waals surface area contributed by atoms with Crippen molar-refractivity contribution in [2.24, 2.45) is 5.92 Å². The molecule has 0 aliphatic heterocycles. The van der Waals surface area contributed by atoms with Crippen LogP contribution in [0.3, 0.4) is 0 Å². The van der Waals surface area contributed by atoms with Gasteiger partial charge in [0, 0.05) is 10.9 Å². The predicted molar refractivity (Wildman–Crippen MR) is 87.8 cm³/mol. The molecular formula is C16H23ClN2O2. The minimum Gasteiger partial charge on any atom is -0.459 e. The molecule has 5 heteroatoms. The molecule has 0 spiro atoms. The summed E-state index contributed by atoms with van der Waals surface area (Å²) in [6.07, 6.45) is 0. The molecule has 0 bridgehead atoms. The van der Waals surface area contributed by atoms with Gasteiger partial charge in [0.1, 0.15) is 11.3 Å². The number of para-hydroxylation sites is 1. The van der Waals surface area contributed by atoms with E-state index in [1.165, 1.54) is 0 Å². The van der Waals surface area contributed by atoms with Gasteiger partial charge in [-0.1, -0.05) is 32.0 Å². The fraction of sp³-hybridized carbons (Fsp3) is 0.438. The van der Waals surface area contributed by atoms with E-state index < -0.39 is 0 Å². The Morgan fingerprint density at radius 1 is 1.29 bits per heavy atom. The molecule has 0 radical (unpaired) electrons. The van der Waals surface area contributed by atoms with Crippen molar-refractivity contribution in [3.8, 4) is 0 Å². The Kier molecular flexibility index (Phi) is 6.24. The zero-order chi connectivity index (χ0) is 14.7. The summed E-state index contributed by atoms with van der Waals surface area (Å²) < 4.78 is 5.97. The van der Waals surface area contributed by atoms with Gasteiger partial charge in [-0.2, -0.15) is 0 Å². The Morgan fingerprint density at radius 2 is 1.95 bits per heavy atom. The lowest BCUT2D eigenvalue weighted by atomic mass is 9.98. The second kappa shape index (κ2) is 7.48. The zero-order valence-corrected chi connectivity index (χ0v) is 13.7. The highest BCUT2D eigenvalue weighted by molar-refractivity contribution is 5.85. The quantitative estimate of drug-likeness (QED) is 0.891. The van der Waals surface area contributed by atoms with E-state index in [1.54, 1.807) is 7.05 Å². The molecule has 0 saturated heterocycles. The van der Waals surface area contributed by atoms with Gasteiger partial charge in [0.25, 0.3) is 0 Å². The molecule has 1 aromatic heterocycles. The molecule has 0 aliphatic carbocycles. The smallest absolute Gasteiger partial charge is 0.234 e. The number of aryl methyl sites for hydroxylation is 1. The van der Waals surface area contributed by atoms with Crippen molar-refractivity contribution in [3.63, 3.8) is 0 Å². The second-order valence-electron chi connectivity index (χ2n) is 5.41. The van der Waals surface area contributed by atoms with Gasteiger partial charge in [0.2, 0.25) is 5.91 Å². The number of carbonyl (C=O) groups excluding carboxylic acids is 1. The van der Waals surface area contributed by atoms with Crippen molar-refractivity contribution in [1.82, 2.24) is 10.6 Å². The summed E-state index contributed by atoms with van der Waals surface area (Å²) in [5, 5.41) is 7.01. The van der Waals surface area contributed by atoms with Gasteiger partial charge in [0.15, 0.2) is 0 Å². The maximum absolute atomic E-state index is 11.8. The van der Waals surface area contributed by atoms with Crippen LogP contribution in [0, 0.1) is 12.8 Å². The first kappa shape index (κ1) is 17.5. The summed E-state index contributed by atoms with van der Waals surface area (Å²) in [5.41, 5.74) is 1.97. The van der Waals surface area contributed by atoms with E-state index in [-0.39, 0.29) is 30.3 Å². The van der Waals surface area contributed by atoms with Gasteiger partial charge in [0.05, 0.1) is 12.6 Å². The molecule has 0 saturated carbocycles. The Morgan fingerprint density at radius 3 is 2.52 bits per heavy atom. The second-order valence-corrected chi connectivity index (χ2v) is 5.41. The Labute approximate surface area is 131 Å². The standard InChI is InChI=1S/C16H22N2O2.ClH/c1-10(2)15(18-14(19)9-17-4)16-11(3)12-7-5-6-8-13(12)20-16;/h5-8,10,15,17H,9H2,1-4H3,(H,18,19);1H. The van der Waals surface area contributed by atoms with E-state index in [0.717, 1.165) is 22.3 Å². The number of hydrogen-bond acceptors (Lipinski definition) is 3. The minimum absolute atomic E-state index is 0. The largest absolute Gasteiger partial charge is 0.459 e. The van der Waals surface area contributed by atoms with Gasteiger partial charge in [-0.25, -0.2) is 0 Å². The lowest BCUT2D eigenvalue weighted by Gasteiger charge is -2.21. The molecule has 116 valence electrons. The maximum atomic E-state index is 11.8. The number of halogens is 1. The van der Waals surface area contributed by atoms with Gasteiger partial charge in [-0.3, -0.25) is 4.79 Å². The molecule has 1 atom stereocenters. The van der Waals surface area contributed by atoms with Crippen molar-refractivity contribution in [3.05, 3.63) is 35.6 Å². The third-order valence-corrected chi connectivity index (χ3v) is 3.48. The van der Waals surface area contributed by atoms with Crippen LogP contribution in [0.2, 0.25) is 0 Å². The highest BCUT2D eigenvalue weighted by Gasteiger charge is 2.24. The topological polar surface area (TPSA) is 54.3 Å². The number of rotatable bonds is 5. The highest BCUT2D eigenvalue weighted by Crippen LogP contribution is 2.32. The average Bonchev–Trinajstić information content (AvgIpc) is 2.74. The van der Waals surface area contributed by atoms with E-state index in [9.17, 15) is 4.79 Å². The number of benzene rings is 1. The van der Waals surface area contributed by atoms with Gasteiger partial charge in [-0.15, -0.1) is 12.4 Å². The first-order valence-corrected chi connectivity index (χ1v) is 6.96. The predicted octanol–water partition coefficient (Wildman–Crippen LogP) is 3.20. The number of nitrogens with one attached hydrogen (secondary N) is 2. The monoisotopic (exact) mass is 310 g/mol. The average molecular weight is 311 g/mol. The molecule has 4 nitrogen and oxygen atoms in total. The zero-order valence-electron chi connectivity index (χ0n) is 12.9. The van der Waals surface area contributed by atoms with Crippen LogP contribution in [-0.2, 0) is 4.79 Å². The van der Waals surface area contributed by atoms with Crippen molar-refractivity contribution in [2.45, 2.75) is 26.8 Å².